The Hall–Kier alpha value is -3.02. The minimum atomic E-state index is -0.106. The maximum Gasteiger partial charge on any atom is 0.251 e. The average molecular weight is 363 g/mol. The lowest BCUT2D eigenvalue weighted by Gasteiger charge is -2.12. The van der Waals surface area contributed by atoms with E-state index in [2.05, 4.69) is 14.9 Å². The molecule has 0 bridgehead atoms. The van der Waals surface area contributed by atoms with E-state index in [0.29, 0.717) is 18.2 Å². The standard InChI is InChI=1S/C21H21N3O3/c25-21(22-11-14-5-8-19-20(9-14)27-13-26-19)15-6-7-18-17(10-15)23-12-24(18)16-3-1-2-4-16/h5-10,12,16H,1-4,11,13H2,(H,22,25). The highest BCUT2D eigenvalue weighted by molar-refractivity contribution is 5.97. The van der Waals surface area contributed by atoms with Crippen molar-refractivity contribution in [1.29, 1.82) is 0 Å². The second kappa shape index (κ2) is 6.61. The van der Waals surface area contributed by atoms with E-state index in [0.717, 1.165) is 28.1 Å². The molecular formula is C21H21N3O3. The number of nitrogens with one attached hydrogen (secondary N) is 1. The molecule has 1 aliphatic heterocycles. The van der Waals surface area contributed by atoms with Gasteiger partial charge in [0, 0.05) is 18.2 Å². The van der Waals surface area contributed by atoms with Crippen LogP contribution in [0.5, 0.6) is 11.5 Å². The number of imidazole rings is 1. The number of hydrogen-bond acceptors (Lipinski definition) is 4. The average Bonchev–Trinajstić information content (AvgIpc) is 3.44. The van der Waals surface area contributed by atoms with Crippen molar-refractivity contribution in [3.05, 3.63) is 53.9 Å². The van der Waals surface area contributed by atoms with Gasteiger partial charge in [0.25, 0.3) is 5.91 Å². The van der Waals surface area contributed by atoms with Crippen LogP contribution in [0, 0.1) is 0 Å². The minimum Gasteiger partial charge on any atom is -0.454 e. The molecule has 0 unspecified atom stereocenters. The zero-order valence-corrected chi connectivity index (χ0v) is 15.0. The van der Waals surface area contributed by atoms with Crippen molar-refractivity contribution in [2.45, 2.75) is 38.3 Å². The Balaban J connectivity index is 1.30. The first kappa shape index (κ1) is 16.2. The Bertz CT molecular complexity index is 1010. The summed E-state index contributed by atoms with van der Waals surface area (Å²) < 4.78 is 12.9. The lowest BCUT2D eigenvalue weighted by atomic mass is 10.1. The van der Waals surface area contributed by atoms with Gasteiger partial charge in [-0.05, 0) is 48.7 Å². The van der Waals surface area contributed by atoms with Gasteiger partial charge in [-0.15, -0.1) is 0 Å². The lowest BCUT2D eigenvalue weighted by molar-refractivity contribution is 0.0951. The number of nitrogens with zero attached hydrogens (tertiary/aromatic N) is 2. The molecule has 3 aromatic rings. The summed E-state index contributed by atoms with van der Waals surface area (Å²) in [5.74, 6) is 1.36. The molecule has 0 radical (unpaired) electrons. The van der Waals surface area contributed by atoms with Gasteiger partial charge in [-0.3, -0.25) is 4.79 Å². The van der Waals surface area contributed by atoms with E-state index >= 15 is 0 Å². The fourth-order valence-electron chi connectivity index (χ4n) is 3.98. The van der Waals surface area contributed by atoms with Crippen LogP contribution in [0.3, 0.4) is 0 Å². The molecule has 1 amide bonds. The van der Waals surface area contributed by atoms with Gasteiger partial charge in [0.1, 0.15) is 0 Å². The van der Waals surface area contributed by atoms with Crippen molar-refractivity contribution >= 4 is 16.9 Å². The Morgan fingerprint density at radius 1 is 1.11 bits per heavy atom. The summed E-state index contributed by atoms with van der Waals surface area (Å²) in [5.41, 5.74) is 3.57. The normalized spacial score (nSPS) is 16.1. The Morgan fingerprint density at radius 3 is 2.85 bits per heavy atom. The van der Waals surface area contributed by atoms with Crippen LogP contribution >= 0.6 is 0 Å². The molecule has 0 spiro atoms. The predicted molar refractivity (Wildman–Crippen MR) is 101 cm³/mol. The first-order valence-corrected chi connectivity index (χ1v) is 9.41. The van der Waals surface area contributed by atoms with E-state index in [1.54, 1.807) is 0 Å². The van der Waals surface area contributed by atoms with Crippen LogP contribution in [-0.4, -0.2) is 22.3 Å². The van der Waals surface area contributed by atoms with Crippen LogP contribution in [-0.2, 0) is 6.54 Å². The SMILES string of the molecule is O=C(NCc1ccc2c(c1)OCO2)c1ccc2c(c1)ncn2C1CCCC1. The number of ether oxygens (including phenoxy) is 2. The predicted octanol–water partition coefficient (Wildman–Crippen LogP) is 3.81. The molecule has 6 nitrogen and oxygen atoms in total. The van der Waals surface area contributed by atoms with E-state index in [-0.39, 0.29) is 12.7 Å². The highest BCUT2D eigenvalue weighted by atomic mass is 16.7. The molecule has 1 aliphatic carbocycles. The van der Waals surface area contributed by atoms with E-state index in [1.807, 2.05) is 42.7 Å². The molecule has 1 fully saturated rings. The van der Waals surface area contributed by atoms with Gasteiger partial charge in [-0.1, -0.05) is 18.9 Å². The van der Waals surface area contributed by atoms with Crippen molar-refractivity contribution in [2.24, 2.45) is 0 Å². The highest BCUT2D eigenvalue weighted by Gasteiger charge is 2.19. The second-order valence-electron chi connectivity index (χ2n) is 7.16. The topological polar surface area (TPSA) is 65.4 Å². The molecule has 1 aromatic heterocycles. The number of carbonyl (C=O) groups excluding carboxylic acids is 1. The van der Waals surface area contributed by atoms with Crippen LogP contribution in [0.2, 0.25) is 0 Å². The van der Waals surface area contributed by atoms with Gasteiger partial charge in [0.15, 0.2) is 11.5 Å². The Labute approximate surface area is 157 Å². The quantitative estimate of drug-likeness (QED) is 0.765. The van der Waals surface area contributed by atoms with Crippen LogP contribution < -0.4 is 14.8 Å². The third-order valence-electron chi connectivity index (χ3n) is 5.45. The van der Waals surface area contributed by atoms with Gasteiger partial charge in [-0.25, -0.2) is 4.98 Å². The molecule has 6 heteroatoms. The van der Waals surface area contributed by atoms with Crippen molar-refractivity contribution in [3.63, 3.8) is 0 Å². The van der Waals surface area contributed by atoms with Crippen LogP contribution in [0.25, 0.3) is 11.0 Å². The number of amides is 1. The van der Waals surface area contributed by atoms with Gasteiger partial charge in [0.2, 0.25) is 6.79 Å². The number of aromatic nitrogens is 2. The first-order chi connectivity index (χ1) is 13.3. The maximum atomic E-state index is 12.6. The van der Waals surface area contributed by atoms with Crippen molar-refractivity contribution in [3.8, 4) is 11.5 Å². The number of benzene rings is 2. The molecule has 1 N–H and O–H groups in total. The van der Waals surface area contributed by atoms with E-state index in [1.165, 1.54) is 25.7 Å². The number of carbonyl (C=O) groups is 1. The Morgan fingerprint density at radius 2 is 1.96 bits per heavy atom. The molecule has 1 saturated carbocycles. The molecule has 2 aliphatic rings. The molecule has 2 aromatic carbocycles. The molecular weight excluding hydrogens is 342 g/mol. The number of rotatable bonds is 4. The second-order valence-corrected chi connectivity index (χ2v) is 7.16. The fourth-order valence-corrected chi connectivity index (χ4v) is 3.98. The van der Waals surface area contributed by atoms with Gasteiger partial charge in [0.05, 0.1) is 17.4 Å². The zero-order valence-electron chi connectivity index (χ0n) is 15.0. The minimum absolute atomic E-state index is 0.106. The molecule has 0 saturated heterocycles. The molecule has 0 atom stereocenters. The molecule has 5 rings (SSSR count). The highest BCUT2D eigenvalue weighted by Crippen LogP contribution is 2.33. The smallest absolute Gasteiger partial charge is 0.251 e. The summed E-state index contributed by atoms with van der Waals surface area (Å²) in [6.07, 6.45) is 6.90. The van der Waals surface area contributed by atoms with Crippen LogP contribution in [0.15, 0.2) is 42.7 Å². The summed E-state index contributed by atoms with van der Waals surface area (Å²) in [7, 11) is 0. The van der Waals surface area contributed by atoms with E-state index in [9.17, 15) is 4.79 Å². The van der Waals surface area contributed by atoms with Crippen molar-refractivity contribution in [2.75, 3.05) is 6.79 Å². The first-order valence-electron chi connectivity index (χ1n) is 9.41. The summed E-state index contributed by atoms with van der Waals surface area (Å²) in [6.45, 7) is 0.683. The van der Waals surface area contributed by atoms with Crippen molar-refractivity contribution < 1.29 is 14.3 Å². The Kier molecular flexibility index (Phi) is 3.96. The maximum absolute atomic E-state index is 12.6. The van der Waals surface area contributed by atoms with Gasteiger partial charge in [-0.2, -0.15) is 0 Å². The fraction of sp³-hybridized carbons (Fsp3) is 0.333. The third kappa shape index (κ3) is 3.01. The van der Waals surface area contributed by atoms with Crippen LogP contribution in [0.1, 0.15) is 47.6 Å². The summed E-state index contributed by atoms with van der Waals surface area (Å²) in [6, 6.07) is 12.0. The zero-order chi connectivity index (χ0) is 18.2. The van der Waals surface area contributed by atoms with E-state index < -0.39 is 0 Å². The molecule has 27 heavy (non-hydrogen) atoms. The lowest BCUT2D eigenvalue weighted by Crippen LogP contribution is -2.22. The monoisotopic (exact) mass is 363 g/mol. The summed E-state index contributed by atoms with van der Waals surface area (Å²) in [4.78, 5) is 17.1. The number of fused-ring (bicyclic) bond motifs is 2. The summed E-state index contributed by atoms with van der Waals surface area (Å²) >= 11 is 0. The molecule has 138 valence electrons. The third-order valence-corrected chi connectivity index (χ3v) is 5.45. The largest absolute Gasteiger partial charge is 0.454 e. The summed E-state index contributed by atoms with van der Waals surface area (Å²) in [5, 5.41) is 2.96. The van der Waals surface area contributed by atoms with Crippen LogP contribution in [0.4, 0.5) is 0 Å². The van der Waals surface area contributed by atoms with Gasteiger partial charge >= 0.3 is 0 Å². The molecule has 2 heterocycles. The van der Waals surface area contributed by atoms with Crippen molar-refractivity contribution in [1.82, 2.24) is 14.9 Å². The van der Waals surface area contributed by atoms with Gasteiger partial charge < -0.3 is 19.4 Å². The van der Waals surface area contributed by atoms with E-state index in [4.69, 9.17) is 9.47 Å². The number of hydrogen-bond donors (Lipinski definition) is 1.